The van der Waals surface area contributed by atoms with Crippen molar-refractivity contribution in [2.75, 3.05) is 17.9 Å². The van der Waals surface area contributed by atoms with Crippen molar-refractivity contribution in [2.45, 2.75) is 7.40 Å². The molecule has 0 bridgehead atoms. The van der Waals surface area contributed by atoms with E-state index in [0.29, 0.717) is 20.7 Å². The molecule has 9 heavy (non-hydrogen) atoms. The van der Waals surface area contributed by atoms with Gasteiger partial charge in [-0.05, 0) is 27.5 Å². The van der Waals surface area contributed by atoms with E-state index in [2.05, 4.69) is 32.8 Å². The molecule has 0 aliphatic heterocycles. The van der Waals surface area contributed by atoms with Gasteiger partial charge in [0.25, 0.3) is 0 Å². The van der Waals surface area contributed by atoms with E-state index in [1.54, 1.807) is 8.93 Å². The van der Waals surface area contributed by atoms with Crippen molar-refractivity contribution in [1.82, 2.24) is 0 Å². The first-order valence-corrected chi connectivity index (χ1v) is 13.3. The minimum atomic E-state index is 0.0951. The molecule has 0 aromatic rings. The van der Waals surface area contributed by atoms with Crippen LogP contribution < -0.4 is 20.7 Å². The predicted molar refractivity (Wildman–Crippen MR) is 60.4 cm³/mol. The van der Waals surface area contributed by atoms with E-state index in [0.717, 1.165) is 0 Å². The molecule has 0 aromatic heterocycles. The predicted octanol–water partition coefficient (Wildman–Crippen LogP) is 0.529. The Labute approximate surface area is 92.3 Å². The average Bonchev–Trinajstić information content (AvgIpc) is 1.94. The molecule has 0 spiro atoms. The largest absolute Gasteiger partial charge is 0.0776 e. The maximum atomic E-state index is 5.75. The van der Waals surface area contributed by atoms with Gasteiger partial charge in [-0.15, -0.1) is 0 Å². The van der Waals surface area contributed by atoms with Crippen molar-refractivity contribution in [3.05, 3.63) is 0 Å². The fourth-order valence-corrected chi connectivity index (χ4v) is 0. The Hall–Kier alpha value is 2.33. The second-order valence-electron chi connectivity index (χ2n) is 0.744. The van der Waals surface area contributed by atoms with Crippen LogP contribution >= 0.6 is 34.5 Å². The number of halogens is 2. The SMILES string of the molecule is CSI.C[I-][P+](C)=S.[3H]C. The molecule has 0 radical (unpaired) electrons. The molecule has 0 aromatic carbocycles. The maximum Gasteiger partial charge on any atom is 0.0194 e. The molecule has 0 aliphatic rings. The first-order valence-electron chi connectivity index (χ1n) is 2.74. The molecule has 0 heterocycles. The summed E-state index contributed by atoms with van der Waals surface area (Å²) in [5.74, 6) is 0. The number of hydrogen-bond acceptors (Lipinski definition) is 2. The van der Waals surface area contributed by atoms with E-state index in [4.69, 9.17) is 13.2 Å². The summed E-state index contributed by atoms with van der Waals surface area (Å²) >= 11 is 7.53. The van der Waals surface area contributed by atoms with Gasteiger partial charge in [0.1, 0.15) is 0 Å². The monoisotopic (exact) mass is 412 g/mol. The Morgan fingerprint density at radius 2 is 2.00 bits per heavy atom. The summed E-state index contributed by atoms with van der Waals surface area (Å²) in [4.78, 5) is 2.23. The molecule has 1 atom stereocenters. The number of alkyl halides is 1. The smallest absolute Gasteiger partial charge is 0.0194 e. The third-order valence-corrected chi connectivity index (χ3v) is 7.57. The molecule has 0 fully saturated rings. The van der Waals surface area contributed by atoms with Gasteiger partial charge in [0.05, 0.1) is 0 Å². The van der Waals surface area contributed by atoms with E-state index in [-0.39, 0.29) is 4.34 Å². The van der Waals surface area contributed by atoms with Crippen LogP contribution in [0.3, 0.4) is 0 Å². The Morgan fingerprint density at radius 1 is 1.89 bits per heavy atom. The Morgan fingerprint density at radius 3 is 2.00 bits per heavy atom. The maximum absolute atomic E-state index is 5.75. The van der Waals surface area contributed by atoms with Crippen LogP contribution in [0.25, 0.3) is 0 Å². The van der Waals surface area contributed by atoms with Crippen molar-refractivity contribution in [2.24, 2.45) is 0 Å². The molecule has 0 N–H and O–H groups in total. The summed E-state index contributed by atoms with van der Waals surface area (Å²) in [5, 5.41) is 0. The van der Waals surface area contributed by atoms with Crippen molar-refractivity contribution in [3.63, 3.8) is 0 Å². The van der Waals surface area contributed by atoms with Crippen molar-refractivity contribution in [1.29, 1.82) is 0 Å². The van der Waals surface area contributed by atoms with Gasteiger partial charge in [-0.1, -0.05) is 16.3 Å². The molecule has 0 aliphatic carbocycles. The van der Waals surface area contributed by atoms with Gasteiger partial charge < -0.3 is 0 Å². The molecular weight excluding hydrogens is 397 g/mol. The molecular formula is C4H13I2PS2. The summed E-state index contributed by atoms with van der Waals surface area (Å²) in [6.07, 6.45) is 2.03. The van der Waals surface area contributed by atoms with Crippen LogP contribution in [0.4, 0.5) is 0 Å². The van der Waals surface area contributed by atoms with Gasteiger partial charge in [0.15, 0.2) is 0 Å². The van der Waals surface area contributed by atoms with E-state index in [1.807, 2.05) is 6.26 Å². The zero-order valence-electron chi connectivity index (χ0n) is 7.02. The third-order valence-electron chi connectivity index (χ3n) is 0.238. The summed E-state index contributed by atoms with van der Waals surface area (Å²) in [5.41, 5.74) is 0. The Kier molecular flexibility index (Phi) is 25.8. The molecule has 0 nitrogen and oxygen atoms in total. The molecule has 60 valence electrons. The molecule has 5 heteroatoms. The summed E-state index contributed by atoms with van der Waals surface area (Å²) in [6, 6.07) is 0. The van der Waals surface area contributed by atoms with Crippen molar-refractivity contribution >= 4 is 46.3 Å². The summed E-state index contributed by atoms with van der Waals surface area (Å²) < 4.78 is 5.85. The van der Waals surface area contributed by atoms with E-state index in [1.165, 1.54) is 7.40 Å². The minimum Gasteiger partial charge on any atom is -0.0776 e. The Balaban J connectivity index is -0.0000000847. The van der Waals surface area contributed by atoms with Crippen LogP contribution in [0.2, 0.25) is 0 Å². The standard InChI is InChI=1S/C2H6IPS.CH3IS.CH4/c1-3-4(2)5;1-3-2;/h1-2H3;1H3;1H4/i;;1T. The van der Waals surface area contributed by atoms with E-state index < -0.39 is 0 Å². The minimum absolute atomic E-state index is 0.0951. The van der Waals surface area contributed by atoms with Gasteiger partial charge >= 0.3 is 48.4 Å². The van der Waals surface area contributed by atoms with Crippen LogP contribution in [0.1, 0.15) is 8.77 Å². The van der Waals surface area contributed by atoms with Crippen molar-refractivity contribution < 1.29 is 22.0 Å². The number of hydrogen-bond donors (Lipinski definition) is 0. The second-order valence-corrected chi connectivity index (χ2v) is 15.7. The van der Waals surface area contributed by atoms with Crippen LogP contribution in [0.15, 0.2) is 0 Å². The van der Waals surface area contributed by atoms with Crippen LogP contribution in [-0.2, 0) is 11.8 Å². The summed E-state index contributed by atoms with van der Waals surface area (Å²) in [7, 11) is 2.97. The fourth-order valence-electron chi connectivity index (χ4n) is 0. The molecule has 0 saturated heterocycles. The molecule has 0 saturated carbocycles. The molecule has 0 amide bonds. The zero-order chi connectivity index (χ0) is 8.99. The second kappa shape index (κ2) is 16.7. The van der Waals surface area contributed by atoms with Gasteiger partial charge in [-0.25, -0.2) is 0 Å². The third kappa shape index (κ3) is 38.2. The Bertz CT molecular complexity index is 65.2. The van der Waals surface area contributed by atoms with Gasteiger partial charge in [-0.3, -0.25) is 0 Å². The normalized spacial score (nSPS) is 9.44. The average molecular weight is 412 g/mol. The molecule has 0 rings (SSSR count). The van der Waals surface area contributed by atoms with E-state index in [9.17, 15) is 0 Å². The van der Waals surface area contributed by atoms with Crippen molar-refractivity contribution in [3.8, 4) is 0 Å². The fraction of sp³-hybridized carbons (Fsp3) is 1.00. The van der Waals surface area contributed by atoms with Crippen LogP contribution in [0, 0.1) is 0 Å². The first kappa shape index (κ1) is 13.9. The quantitative estimate of drug-likeness (QED) is 0.351. The zero-order valence-corrected chi connectivity index (χ0v) is 12.9. The molecule has 1 unspecified atom stereocenters. The van der Waals surface area contributed by atoms with Crippen LogP contribution in [-0.4, -0.2) is 17.9 Å². The number of rotatable bonds is 1. The van der Waals surface area contributed by atoms with Gasteiger partial charge in [0.2, 0.25) is 0 Å². The first-order chi connectivity index (χ1) is 4.68. The van der Waals surface area contributed by atoms with Gasteiger partial charge in [0, 0.05) is 1.37 Å². The van der Waals surface area contributed by atoms with Crippen LogP contribution in [0.5, 0.6) is 0 Å². The van der Waals surface area contributed by atoms with E-state index >= 15 is 0 Å². The topological polar surface area (TPSA) is 0 Å². The summed E-state index contributed by atoms with van der Waals surface area (Å²) in [6.45, 7) is 2.15. The van der Waals surface area contributed by atoms with Gasteiger partial charge in [-0.2, -0.15) is 0 Å².